The van der Waals surface area contributed by atoms with Crippen LogP contribution in [0.2, 0.25) is 0 Å². The topological polar surface area (TPSA) is 60.9 Å². The van der Waals surface area contributed by atoms with Gasteiger partial charge in [-0.15, -0.1) is 0 Å². The molecule has 1 aromatic rings. The summed E-state index contributed by atoms with van der Waals surface area (Å²) in [4.78, 5) is 28.5. The minimum absolute atomic E-state index is 0.0652. The molecule has 3 atom stereocenters. The summed E-state index contributed by atoms with van der Waals surface area (Å²) in [7, 11) is 0. The van der Waals surface area contributed by atoms with Crippen molar-refractivity contribution in [3.05, 3.63) is 35.4 Å². The number of hydrogen-bond acceptors (Lipinski definition) is 4. The predicted molar refractivity (Wildman–Crippen MR) is 96.5 cm³/mol. The smallest absolute Gasteiger partial charge is 0.261 e. The molecule has 0 spiro atoms. The molecule has 1 N–H and O–H groups in total. The van der Waals surface area contributed by atoms with E-state index in [1.165, 1.54) is 11.3 Å². The molecular formula is C20H28N2O3. The first-order chi connectivity index (χ1) is 12.1. The van der Waals surface area contributed by atoms with E-state index in [9.17, 15) is 14.7 Å². The molecule has 2 heterocycles. The predicted octanol–water partition coefficient (Wildman–Crippen LogP) is 2.69. The van der Waals surface area contributed by atoms with Gasteiger partial charge in [0.25, 0.3) is 11.8 Å². The summed E-state index contributed by atoms with van der Waals surface area (Å²) >= 11 is 0. The molecule has 25 heavy (non-hydrogen) atoms. The minimum Gasteiger partial charge on any atom is -0.390 e. The zero-order valence-corrected chi connectivity index (χ0v) is 15.1. The van der Waals surface area contributed by atoms with E-state index >= 15 is 0 Å². The fourth-order valence-corrected chi connectivity index (χ4v) is 4.31. The molecule has 0 bridgehead atoms. The number of aliphatic hydroxyl groups excluding tert-OH is 1. The number of likely N-dealkylation sites (tertiary alicyclic amines) is 1. The van der Waals surface area contributed by atoms with Crippen LogP contribution >= 0.6 is 0 Å². The normalized spacial score (nSPS) is 25.3. The van der Waals surface area contributed by atoms with Gasteiger partial charge in [-0.3, -0.25) is 19.4 Å². The number of imide groups is 1. The number of carbonyl (C=O) groups is 2. The second-order valence-corrected chi connectivity index (χ2v) is 7.17. The number of hydrogen-bond donors (Lipinski definition) is 1. The van der Waals surface area contributed by atoms with E-state index in [4.69, 9.17) is 0 Å². The molecule has 0 radical (unpaired) electrons. The largest absolute Gasteiger partial charge is 0.390 e. The number of fused-ring (bicyclic) bond motifs is 1. The Morgan fingerprint density at radius 3 is 2.00 bits per heavy atom. The standard InChI is InChI=1S/C20H28N2O3/c1-3-14-8-7-9-15(4-2)21(14)12-16(23)13-22-19(24)17-10-5-6-11-18(17)20(22)25/h5-6,10-11,14-16,23H,3-4,7-9,12-13H2,1-2H3/t14?,15?,16-/m1/s1. The first-order valence-electron chi connectivity index (χ1n) is 9.45. The van der Waals surface area contributed by atoms with Gasteiger partial charge >= 0.3 is 0 Å². The molecule has 3 rings (SSSR count). The molecule has 5 heteroatoms. The SMILES string of the molecule is CCC1CCCC(CC)N1C[C@@H](O)CN1C(=O)c2ccccc2C1=O. The number of rotatable bonds is 6. The lowest BCUT2D eigenvalue weighted by atomic mass is 9.92. The van der Waals surface area contributed by atoms with E-state index in [1.54, 1.807) is 24.3 Å². The van der Waals surface area contributed by atoms with Gasteiger partial charge in [0.15, 0.2) is 0 Å². The van der Waals surface area contributed by atoms with Gasteiger partial charge in [0.2, 0.25) is 0 Å². The molecule has 136 valence electrons. The van der Waals surface area contributed by atoms with Crippen molar-refractivity contribution in [3.8, 4) is 0 Å². The molecule has 2 aliphatic rings. The molecule has 0 aliphatic carbocycles. The van der Waals surface area contributed by atoms with Gasteiger partial charge in [0.1, 0.15) is 0 Å². The van der Waals surface area contributed by atoms with E-state index in [-0.39, 0.29) is 18.4 Å². The molecule has 0 aromatic heterocycles. The van der Waals surface area contributed by atoms with Crippen molar-refractivity contribution in [2.75, 3.05) is 13.1 Å². The highest BCUT2D eigenvalue weighted by molar-refractivity contribution is 6.21. The number of β-amino-alcohol motifs (C(OH)–C–C–N with tert-alkyl or cyclic N) is 1. The third-order valence-electron chi connectivity index (χ3n) is 5.65. The number of carbonyl (C=O) groups excluding carboxylic acids is 2. The lowest BCUT2D eigenvalue weighted by molar-refractivity contribution is 0.0136. The van der Waals surface area contributed by atoms with Gasteiger partial charge in [-0.1, -0.05) is 32.4 Å². The molecule has 2 unspecified atom stereocenters. The monoisotopic (exact) mass is 344 g/mol. The van der Waals surface area contributed by atoms with Crippen molar-refractivity contribution in [1.29, 1.82) is 0 Å². The highest BCUT2D eigenvalue weighted by Crippen LogP contribution is 2.28. The fraction of sp³-hybridized carbons (Fsp3) is 0.600. The fourth-order valence-electron chi connectivity index (χ4n) is 4.31. The Kier molecular flexibility index (Phi) is 5.54. The highest BCUT2D eigenvalue weighted by atomic mass is 16.3. The van der Waals surface area contributed by atoms with Crippen LogP contribution < -0.4 is 0 Å². The average molecular weight is 344 g/mol. The second kappa shape index (κ2) is 7.67. The zero-order chi connectivity index (χ0) is 18.0. The van der Waals surface area contributed by atoms with Crippen molar-refractivity contribution in [2.45, 2.75) is 64.1 Å². The Hall–Kier alpha value is -1.72. The lowest BCUT2D eigenvalue weighted by Crippen LogP contribution is -2.51. The average Bonchev–Trinajstić information content (AvgIpc) is 2.87. The lowest BCUT2D eigenvalue weighted by Gasteiger charge is -2.43. The Morgan fingerprint density at radius 2 is 1.52 bits per heavy atom. The van der Waals surface area contributed by atoms with Crippen LogP contribution in [0.15, 0.2) is 24.3 Å². The highest BCUT2D eigenvalue weighted by Gasteiger charge is 2.37. The first-order valence-corrected chi connectivity index (χ1v) is 9.45. The van der Waals surface area contributed by atoms with E-state index in [0.29, 0.717) is 29.8 Å². The third kappa shape index (κ3) is 3.48. The summed E-state index contributed by atoms with van der Waals surface area (Å²) in [5.41, 5.74) is 0.881. The Morgan fingerprint density at radius 1 is 1.00 bits per heavy atom. The van der Waals surface area contributed by atoms with Crippen LogP contribution in [0.3, 0.4) is 0 Å². The number of nitrogens with zero attached hydrogens (tertiary/aromatic N) is 2. The van der Waals surface area contributed by atoms with Crippen molar-refractivity contribution >= 4 is 11.8 Å². The van der Waals surface area contributed by atoms with Crippen molar-refractivity contribution < 1.29 is 14.7 Å². The molecule has 2 amide bonds. The van der Waals surface area contributed by atoms with Crippen LogP contribution in [0.4, 0.5) is 0 Å². The van der Waals surface area contributed by atoms with E-state index in [1.807, 2.05) is 0 Å². The minimum atomic E-state index is -0.719. The Balaban J connectivity index is 1.67. The van der Waals surface area contributed by atoms with E-state index in [0.717, 1.165) is 25.7 Å². The van der Waals surface area contributed by atoms with E-state index in [2.05, 4.69) is 18.7 Å². The number of aliphatic hydroxyl groups is 1. The van der Waals surface area contributed by atoms with Gasteiger partial charge in [-0.05, 0) is 37.8 Å². The first kappa shape index (κ1) is 18.1. The second-order valence-electron chi connectivity index (χ2n) is 7.17. The van der Waals surface area contributed by atoms with Crippen LogP contribution in [-0.2, 0) is 0 Å². The number of benzene rings is 1. The Labute approximate surface area is 149 Å². The maximum Gasteiger partial charge on any atom is 0.261 e. The number of piperidine rings is 1. The van der Waals surface area contributed by atoms with Crippen LogP contribution in [0, 0.1) is 0 Å². The van der Waals surface area contributed by atoms with Gasteiger partial charge in [0, 0.05) is 18.6 Å². The van der Waals surface area contributed by atoms with Gasteiger partial charge in [0.05, 0.1) is 23.8 Å². The molecular weight excluding hydrogens is 316 g/mol. The van der Waals surface area contributed by atoms with Crippen LogP contribution in [0.5, 0.6) is 0 Å². The third-order valence-corrected chi connectivity index (χ3v) is 5.65. The van der Waals surface area contributed by atoms with Crippen molar-refractivity contribution in [3.63, 3.8) is 0 Å². The quantitative estimate of drug-likeness (QED) is 0.806. The molecule has 2 aliphatic heterocycles. The summed E-state index contributed by atoms with van der Waals surface area (Å²) < 4.78 is 0. The van der Waals surface area contributed by atoms with Crippen molar-refractivity contribution in [1.82, 2.24) is 9.80 Å². The molecule has 0 saturated carbocycles. The van der Waals surface area contributed by atoms with Crippen LogP contribution in [0.25, 0.3) is 0 Å². The molecule has 1 fully saturated rings. The molecule has 5 nitrogen and oxygen atoms in total. The summed E-state index contributed by atoms with van der Waals surface area (Å²) in [5.74, 6) is -0.588. The Bertz CT molecular complexity index is 599. The van der Waals surface area contributed by atoms with Crippen molar-refractivity contribution in [2.24, 2.45) is 0 Å². The molecule has 1 saturated heterocycles. The maximum absolute atomic E-state index is 12.5. The zero-order valence-electron chi connectivity index (χ0n) is 15.1. The van der Waals surface area contributed by atoms with Gasteiger partial charge in [-0.25, -0.2) is 0 Å². The number of amides is 2. The molecule has 1 aromatic carbocycles. The van der Waals surface area contributed by atoms with Crippen LogP contribution in [0.1, 0.15) is 66.7 Å². The summed E-state index contributed by atoms with van der Waals surface area (Å²) in [6, 6.07) is 7.83. The summed E-state index contributed by atoms with van der Waals surface area (Å²) in [6.45, 7) is 4.96. The van der Waals surface area contributed by atoms with Gasteiger partial charge in [-0.2, -0.15) is 0 Å². The summed E-state index contributed by atoms with van der Waals surface area (Å²) in [6.07, 6.45) is 4.97. The van der Waals surface area contributed by atoms with Crippen LogP contribution in [-0.4, -0.2) is 58.0 Å². The van der Waals surface area contributed by atoms with Gasteiger partial charge < -0.3 is 5.11 Å². The maximum atomic E-state index is 12.5. The summed E-state index contributed by atoms with van der Waals surface area (Å²) in [5, 5.41) is 10.6. The van der Waals surface area contributed by atoms with E-state index < -0.39 is 6.10 Å².